The minimum absolute atomic E-state index is 0.0961. The first kappa shape index (κ1) is 18.8. The maximum absolute atomic E-state index is 11.4. The van der Waals surface area contributed by atoms with Crippen LogP contribution in [0.15, 0.2) is 40.2 Å². The van der Waals surface area contributed by atoms with Crippen LogP contribution in [-0.2, 0) is 9.84 Å². The summed E-state index contributed by atoms with van der Waals surface area (Å²) in [5.74, 6) is 1.85. The van der Waals surface area contributed by atoms with Gasteiger partial charge < -0.3 is 10.6 Å². The Morgan fingerprint density at radius 3 is 2.55 bits per heavy atom. The maximum atomic E-state index is 11.4. The molecule has 0 aliphatic heterocycles. The molecule has 0 atom stereocenters. The highest BCUT2D eigenvalue weighted by Gasteiger charge is 2.06. The number of benzene rings is 1. The first-order valence-corrected chi connectivity index (χ1v) is 10.3. The Labute approximate surface area is 137 Å². The Balaban J connectivity index is 2.34. The maximum Gasteiger partial charge on any atom is 0.191 e. The van der Waals surface area contributed by atoms with E-state index in [1.165, 1.54) is 4.90 Å². The van der Waals surface area contributed by atoms with Crippen molar-refractivity contribution in [2.75, 3.05) is 36.9 Å². The lowest BCUT2D eigenvalue weighted by atomic mass is 10.4. The summed E-state index contributed by atoms with van der Waals surface area (Å²) in [6.45, 7) is 5.45. The first-order valence-electron chi connectivity index (χ1n) is 7.48. The van der Waals surface area contributed by atoms with Gasteiger partial charge in [-0.15, -0.1) is 11.8 Å². The lowest BCUT2D eigenvalue weighted by Crippen LogP contribution is -2.38. The highest BCUT2D eigenvalue weighted by atomic mass is 32.2. The summed E-state index contributed by atoms with van der Waals surface area (Å²) < 4.78 is 22.9. The van der Waals surface area contributed by atoms with Crippen LogP contribution in [0.1, 0.15) is 13.8 Å². The third kappa shape index (κ3) is 8.29. The van der Waals surface area contributed by atoms with E-state index in [9.17, 15) is 8.42 Å². The predicted molar refractivity (Wildman–Crippen MR) is 95.5 cm³/mol. The molecule has 0 spiro atoms. The first-order chi connectivity index (χ1) is 10.6. The normalized spacial score (nSPS) is 12.2. The van der Waals surface area contributed by atoms with Gasteiger partial charge in [0.25, 0.3) is 0 Å². The van der Waals surface area contributed by atoms with Gasteiger partial charge in [0.15, 0.2) is 15.8 Å². The summed E-state index contributed by atoms with van der Waals surface area (Å²) in [4.78, 5) is 5.53. The molecule has 0 aliphatic carbocycles. The van der Waals surface area contributed by atoms with Gasteiger partial charge in [0.05, 0.1) is 12.3 Å². The van der Waals surface area contributed by atoms with Crippen molar-refractivity contribution in [1.82, 2.24) is 10.6 Å². The molecule has 0 heterocycles. The molecular weight excluding hydrogens is 318 g/mol. The Hall–Kier alpha value is -1.21. The number of guanidine groups is 1. The molecule has 0 bridgehead atoms. The molecule has 0 saturated carbocycles. The number of hydrogen-bond donors (Lipinski definition) is 2. The van der Waals surface area contributed by atoms with Crippen LogP contribution in [0.3, 0.4) is 0 Å². The van der Waals surface area contributed by atoms with E-state index in [0.717, 1.165) is 18.8 Å². The van der Waals surface area contributed by atoms with Crippen molar-refractivity contribution < 1.29 is 8.42 Å². The van der Waals surface area contributed by atoms with E-state index in [1.54, 1.807) is 18.7 Å². The molecule has 0 aliphatic rings. The molecule has 124 valence electrons. The molecule has 2 N–H and O–H groups in total. The van der Waals surface area contributed by atoms with Gasteiger partial charge in [0.2, 0.25) is 0 Å². The van der Waals surface area contributed by atoms with Crippen molar-refractivity contribution in [3.63, 3.8) is 0 Å². The third-order valence-electron chi connectivity index (χ3n) is 2.86. The van der Waals surface area contributed by atoms with Crippen LogP contribution in [0, 0.1) is 0 Å². The van der Waals surface area contributed by atoms with E-state index in [1.807, 2.05) is 25.1 Å². The number of rotatable bonds is 9. The number of nitrogens with one attached hydrogen (secondary N) is 2. The third-order valence-corrected chi connectivity index (χ3v) is 5.56. The monoisotopic (exact) mass is 343 g/mol. The molecule has 0 aromatic heterocycles. The fraction of sp³-hybridized carbons (Fsp3) is 0.533. The van der Waals surface area contributed by atoms with Gasteiger partial charge in [-0.1, -0.05) is 25.1 Å². The summed E-state index contributed by atoms with van der Waals surface area (Å²) in [6, 6.07) is 10.2. The minimum atomic E-state index is -2.96. The molecule has 0 unspecified atom stereocenters. The molecule has 0 saturated heterocycles. The summed E-state index contributed by atoms with van der Waals surface area (Å²) in [5.41, 5.74) is 0. The zero-order chi connectivity index (χ0) is 16.3. The number of aliphatic imine (C=N–C) groups is 1. The predicted octanol–water partition coefficient (Wildman–Crippen LogP) is 1.77. The standard InChI is InChI=1S/C15H25N3O2S2/c1-3-16-15(18-11-13-22(19,20)4-2)17-10-12-21-14-8-6-5-7-9-14/h5-9H,3-4,10-13H2,1-2H3,(H2,16,17,18). The van der Waals surface area contributed by atoms with Crippen molar-refractivity contribution in [2.45, 2.75) is 18.7 Å². The molecule has 7 heteroatoms. The van der Waals surface area contributed by atoms with Gasteiger partial charge in [-0.25, -0.2) is 8.42 Å². The molecule has 0 radical (unpaired) electrons. The number of hydrogen-bond acceptors (Lipinski definition) is 4. The molecule has 0 fully saturated rings. The molecule has 22 heavy (non-hydrogen) atoms. The topological polar surface area (TPSA) is 70.6 Å². The van der Waals surface area contributed by atoms with E-state index < -0.39 is 9.84 Å². The fourth-order valence-corrected chi connectivity index (χ4v) is 3.09. The lowest BCUT2D eigenvalue weighted by molar-refractivity contribution is 0.597. The fourth-order valence-electron chi connectivity index (χ4n) is 1.64. The highest BCUT2D eigenvalue weighted by molar-refractivity contribution is 7.99. The second-order valence-electron chi connectivity index (χ2n) is 4.59. The molecule has 1 aromatic carbocycles. The van der Waals surface area contributed by atoms with E-state index in [0.29, 0.717) is 5.96 Å². The zero-order valence-corrected chi connectivity index (χ0v) is 14.8. The van der Waals surface area contributed by atoms with Gasteiger partial charge in [-0.05, 0) is 19.1 Å². The van der Waals surface area contributed by atoms with Crippen molar-refractivity contribution >= 4 is 27.6 Å². The van der Waals surface area contributed by atoms with E-state index >= 15 is 0 Å². The molecular formula is C15H25N3O2S2. The van der Waals surface area contributed by atoms with Crippen LogP contribution in [0.4, 0.5) is 0 Å². The Bertz CT molecular complexity index is 545. The van der Waals surface area contributed by atoms with Crippen LogP contribution in [-0.4, -0.2) is 51.3 Å². The van der Waals surface area contributed by atoms with Gasteiger partial charge in [-0.2, -0.15) is 0 Å². The van der Waals surface area contributed by atoms with Gasteiger partial charge in [0, 0.05) is 29.5 Å². The Morgan fingerprint density at radius 1 is 1.18 bits per heavy atom. The van der Waals surface area contributed by atoms with Crippen LogP contribution in [0.5, 0.6) is 0 Å². The second-order valence-corrected chi connectivity index (χ2v) is 8.23. The van der Waals surface area contributed by atoms with Crippen molar-refractivity contribution in [2.24, 2.45) is 4.99 Å². The van der Waals surface area contributed by atoms with Crippen molar-refractivity contribution in [1.29, 1.82) is 0 Å². The van der Waals surface area contributed by atoms with Crippen molar-refractivity contribution in [3.05, 3.63) is 30.3 Å². The van der Waals surface area contributed by atoms with Gasteiger partial charge in [-0.3, -0.25) is 4.99 Å². The number of nitrogens with zero attached hydrogens (tertiary/aromatic N) is 1. The van der Waals surface area contributed by atoms with E-state index in [4.69, 9.17) is 0 Å². The van der Waals surface area contributed by atoms with E-state index in [2.05, 4.69) is 27.8 Å². The zero-order valence-electron chi connectivity index (χ0n) is 13.2. The average Bonchev–Trinajstić information content (AvgIpc) is 2.52. The average molecular weight is 344 g/mol. The highest BCUT2D eigenvalue weighted by Crippen LogP contribution is 2.15. The lowest BCUT2D eigenvalue weighted by Gasteiger charge is -2.11. The quantitative estimate of drug-likeness (QED) is 0.309. The minimum Gasteiger partial charge on any atom is -0.357 e. The molecule has 1 rings (SSSR count). The smallest absolute Gasteiger partial charge is 0.191 e. The summed E-state index contributed by atoms with van der Waals surface area (Å²) >= 11 is 1.77. The van der Waals surface area contributed by atoms with Crippen LogP contribution in [0.2, 0.25) is 0 Å². The summed E-state index contributed by atoms with van der Waals surface area (Å²) in [6.07, 6.45) is 0. The Morgan fingerprint density at radius 2 is 1.91 bits per heavy atom. The van der Waals surface area contributed by atoms with Crippen LogP contribution in [0.25, 0.3) is 0 Å². The summed E-state index contributed by atoms with van der Waals surface area (Å²) in [7, 11) is -2.96. The molecule has 5 nitrogen and oxygen atoms in total. The second kappa shape index (κ2) is 10.5. The van der Waals surface area contributed by atoms with Crippen LogP contribution < -0.4 is 10.6 Å². The van der Waals surface area contributed by atoms with Crippen LogP contribution >= 0.6 is 11.8 Å². The molecule has 0 amide bonds. The number of thioether (sulfide) groups is 1. The SMILES string of the molecule is CCNC(=NCCS(=O)(=O)CC)NCCSc1ccccc1. The van der Waals surface area contributed by atoms with Crippen molar-refractivity contribution in [3.8, 4) is 0 Å². The summed E-state index contributed by atoms with van der Waals surface area (Å²) in [5, 5.41) is 6.34. The van der Waals surface area contributed by atoms with Gasteiger partial charge in [0.1, 0.15) is 0 Å². The van der Waals surface area contributed by atoms with E-state index in [-0.39, 0.29) is 18.1 Å². The van der Waals surface area contributed by atoms with Gasteiger partial charge >= 0.3 is 0 Å². The number of sulfone groups is 1. The Kier molecular flexibility index (Phi) is 9.00. The molecule has 1 aromatic rings. The largest absolute Gasteiger partial charge is 0.357 e.